The van der Waals surface area contributed by atoms with Gasteiger partial charge in [0.05, 0.1) is 32.9 Å². The van der Waals surface area contributed by atoms with Crippen LogP contribution in [0.3, 0.4) is 0 Å². The van der Waals surface area contributed by atoms with E-state index in [4.69, 9.17) is 23.2 Å². The van der Waals surface area contributed by atoms with E-state index in [1.54, 1.807) is 37.4 Å². The van der Waals surface area contributed by atoms with Crippen molar-refractivity contribution >= 4 is 55.9 Å². The van der Waals surface area contributed by atoms with Crippen LogP contribution >= 0.6 is 23.2 Å². The second-order valence-electron chi connectivity index (χ2n) is 6.50. The van der Waals surface area contributed by atoms with E-state index >= 15 is 0 Å². The number of rotatable bonds is 5. The van der Waals surface area contributed by atoms with Crippen molar-refractivity contribution in [3.63, 3.8) is 0 Å². The highest BCUT2D eigenvalue weighted by molar-refractivity contribution is 7.92. The van der Waals surface area contributed by atoms with Crippen LogP contribution in [0.2, 0.25) is 10.0 Å². The number of aromatic nitrogens is 3. The van der Waals surface area contributed by atoms with Crippen molar-refractivity contribution in [3.8, 4) is 11.3 Å². The second-order valence-corrected chi connectivity index (χ2v) is 8.94. The number of hydrogen-bond acceptors (Lipinski definition) is 5. The molecule has 0 radical (unpaired) electrons. The number of anilines is 1. The van der Waals surface area contributed by atoms with E-state index < -0.39 is 10.0 Å². The molecule has 0 aliphatic carbocycles. The van der Waals surface area contributed by atoms with Gasteiger partial charge in [0.2, 0.25) is 0 Å². The molecule has 0 saturated heterocycles. The highest BCUT2D eigenvalue weighted by atomic mass is 35.5. The van der Waals surface area contributed by atoms with E-state index in [9.17, 15) is 13.2 Å². The summed E-state index contributed by atoms with van der Waals surface area (Å²) < 4.78 is 27.8. The third kappa shape index (κ3) is 4.07. The molecule has 0 spiro atoms. The van der Waals surface area contributed by atoms with E-state index in [-0.39, 0.29) is 20.8 Å². The van der Waals surface area contributed by atoms with Gasteiger partial charge in [0.1, 0.15) is 4.90 Å². The molecule has 2 aromatic heterocycles. The van der Waals surface area contributed by atoms with Gasteiger partial charge in [0.25, 0.3) is 15.9 Å². The molecule has 0 aliphatic rings. The van der Waals surface area contributed by atoms with Gasteiger partial charge in [-0.2, -0.15) is 5.10 Å². The van der Waals surface area contributed by atoms with Crippen molar-refractivity contribution in [1.29, 1.82) is 0 Å². The minimum absolute atomic E-state index is 0.0490. The Bertz CT molecular complexity index is 1400. The fourth-order valence-electron chi connectivity index (χ4n) is 3.01. The lowest BCUT2D eigenvalue weighted by molar-refractivity contribution is 0.0964. The number of aromatic amines is 1. The highest BCUT2D eigenvalue weighted by Gasteiger charge is 2.20. The Kier molecular flexibility index (Phi) is 5.57. The summed E-state index contributed by atoms with van der Waals surface area (Å²) in [6, 6.07) is 12.6. The molecule has 3 N–H and O–H groups in total. The first-order chi connectivity index (χ1) is 14.8. The van der Waals surface area contributed by atoms with Crippen LogP contribution < -0.4 is 10.0 Å². The average Bonchev–Trinajstić information content (AvgIpc) is 3.23. The number of sulfonamides is 1. The number of pyridine rings is 1. The summed E-state index contributed by atoms with van der Waals surface area (Å²) in [7, 11) is -2.39. The van der Waals surface area contributed by atoms with Gasteiger partial charge in [0.15, 0.2) is 5.65 Å². The van der Waals surface area contributed by atoms with Gasteiger partial charge >= 0.3 is 0 Å². The van der Waals surface area contributed by atoms with Gasteiger partial charge in [-0.3, -0.25) is 14.6 Å². The topological polar surface area (TPSA) is 117 Å². The highest BCUT2D eigenvalue weighted by Crippen LogP contribution is 2.31. The van der Waals surface area contributed by atoms with Crippen LogP contribution in [0, 0.1) is 0 Å². The normalized spacial score (nSPS) is 11.5. The Morgan fingerprint density at radius 3 is 2.55 bits per heavy atom. The molecule has 0 aliphatic heterocycles. The molecule has 0 saturated carbocycles. The van der Waals surface area contributed by atoms with Gasteiger partial charge < -0.3 is 5.32 Å². The lowest BCUT2D eigenvalue weighted by Crippen LogP contribution is -2.18. The first-order valence-corrected chi connectivity index (χ1v) is 11.2. The van der Waals surface area contributed by atoms with Gasteiger partial charge in [0, 0.05) is 18.3 Å². The van der Waals surface area contributed by atoms with Crippen LogP contribution in [0.4, 0.5) is 5.69 Å². The minimum atomic E-state index is -3.93. The number of halogens is 2. The molecule has 0 fully saturated rings. The Labute approximate surface area is 187 Å². The number of carbonyl (C=O) groups is 1. The standard InChI is InChI=1S/C20H15Cl2N5O3S/c1-23-20(28)13-9-16(25-19-14(13)10-24-26-19)11-5-7-12(8-6-11)27-31(29,30)17-4-2-3-15(21)18(17)22/h2-10,27H,1H3,(H,23,28)(H,24,25,26). The molecule has 31 heavy (non-hydrogen) atoms. The zero-order chi connectivity index (χ0) is 22.2. The van der Waals surface area contributed by atoms with Crippen molar-refractivity contribution in [2.75, 3.05) is 11.8 Å². The van der Waals surface area contributed by atoms with Gasteiger partial charge in [-0.15, -0.1) is 0 Å². The van der Waals surface area contributed by atoms with Crippen molar-refractivity contribution in [1.82, 2.24) is 20.5 Å². The van der Waals surface area contributed by atoms with Crippen molar-refractivity contribution in [2.24, 2.45) is 0 Å². The number of hydrogen-bond donors (Lipinski definition) is 3. The monoisotopic (exact) mass is 475 g/mol. The summed E-state index contributed by atoms with van der Waals surface area (Å²) in [6.07, 6.45) is 1.54. The molecule has 8 nitrogen and oxygen atoms in total. The minimum Gasteiger partial charge on any atom is -0.355 e. The summed E-state index contributed by atoms with van der Waals surface area (Å²) in [4.78, 5) is 16.6. The Morgan fingerprint density at radius 1 is 1.10 bits per heavy atom. The van der Waals surface area contributed by atoms with Crippen molar-refractivity contribution < 1.29 is 13.2 Å². The van der Waals surface area contributed by atoms with Crippen LogP contribution in [0.5, 0.6) is 0 Å². The van der Waals surface area contributed by atoms with Crippen LogP contribution in [-0.4, -0.2) is 36.6 Å². The van der Waals surface area contributed by atoms with Crippen LogP contribution in [0.15, 0.2) is 59.6 Å². The van der Waals surface area contributed by atoms with E-state index in [0.29, 0.717) is 33.5 Å². The number of amides is 1. The molecule has 2 aromatic carbocycles. The number of H-pyrrole nitrogens is 1. The molecular weight excluding hydrogens is 461 g/mol. The second kappa shape index (κ2) is 8.18. The molecular formula is C20H15Cl2N5O3S. The van der Waals surface area contributed by atoms with E-state index in [1.807, 2.05) is 0 Å². The number of nitrogens with zero attached hydrogens (tertiary/aromatic N) is 2. The molecule has 0 unspecified atom stereocenters. The molecule has 1 amide bonds. The summed E-state index contributed by atoms with van der Waals surface area (Å²) >= 11 is 12.0. The predicted octanol–water partition coefficient (Wildman–Crippen LogP) is 4.09. The van der Waals surface area contributed by atoms with Gasteiger partial charge in [-0.25, -0.2) is 13.4 Å². The summed E-state index contributed by atoms with van der Waals surface area (Å²) in [6.45, 7) is 0. The molecule has 0 atom stereocenters. The quantitative estimate of drug-likeness (QED) is 0.401. The maximum absolute atomic E-state index is 12.7. The number of nitrogens with one attached hydrogen (secondary N) is 3. The smallest absolute Gasteiger partial charge is 0.263 e. The molecule has 4 aromatic rings. The molecule has 11 heteroatoms. The maximum Gasteiger partial charge on any atom is 0.263 e. The van der Waals surface area contributed by atoms with Crippen LogP contribution in [-0.2, 0) is 10.0 Å². The van der Waals surface area contributed by atoms with E-state index in [1.165, 1.54) is 24.4 Å². The van der Waals surface area contributed by atoms with Crippen LogP contribution in [0.25, 0.3) is 22.3 Å². The first kappa shape index (κ1) is 21.1. The van der Waals surface area contributed by atoms with Gasteiger partial charge in [-0.1, -0.05) is 41.4 Å². The third-order valence-corrected chi connectivity index (χ3v) is 6.89. The maximum atomic E-state index is 12.7. The van der Waals surface area contributed by atoms with E-state index in [2.05, 4.69) is 25.2 Å². The fourth-order valence-corrected chi connectivity index (χ4v) is 4.83. The third-order valence-electron chi connectivity index (χ3n) is 4.53. The first-order valence-electron chi connectivity index (χ1n) is 8.93. The molecule has 4 rings (SSSR count). The number of carbonyl (C=O) groups excluding carboxylic acids is 1. The Morgan fingerprint density at radius 2 is 1.84 bits per heavy atom. The fraction of sp³-hybridized carbons (Fsp3) is 0.0500. The average molecular weight is 476 g/mol. The zero-order valence-electron chi connectivity index (χ0n) is 16.0. The number of fused-ring (bicyclic) bond motifs is 1. The zero-order valence-corrected chi connectivity index (χ0v) is 18.3. The Hall–Kier alpha value is -3.14. The summed E-state index contributed by atoms with van der Waals surface area (Å²) in [5.41, 5.74) is 2.44. The Balaban J connectivity index is 1.66. The molecule has 0 bridgehead atoms. The summed E-state index contributed by atoms with van der Waals surface area (Å²) in [5.74, 6) is -0.266. The largest absolute Gasteiger partial charge is 0.355 e. The molecule has 2 heterocycles. The van der Waals surface area contributed by atoms with Crippen molar-refractivity contribution in [3.05, 3.63) is 70.3 Å². The SMILES string of the molecule is CNC(=O)c1cc(-c2ccc(NS(=O)(=O)c3cccc(Cl)c3Cl)cc2)nc2[nH]ncc12. The van der Waals surface area contributed by atoms with E-state index in [0.717, 1.165) is 0 Å². The lowest BCUT2D eigenvalue weighted by atomic mass is 10.1. The van der Waals surface area contributed by atoms with Crippen LogP contribution in [0.1, 0.15) is 10.4 Å². The van der Waals surface area contributed by atoms with Crippen molar-refractivity contribution in [2.45, 2.75) is 4.90 Å². The molecule has 158 valence electrons. The number of benzene rings is 2. The lowest BCUT2D eigenvalue weighted by Gasteiger charge is -2.11. The predicted molar refractivity (Wildman–Crippen MR) is 120 cm³/mol. The van der Waals surface area contributed by atoms with Gasteiger partial charge in [-0.05, 0) is 30.3 Å². The summed E-state index contributed by atoms with van der Waals surface area (Å²) in [5, 5.41) is 10.0.